The molecule has 9 rings (SSSR count). The highest BCUT2D eigenvalue weighted by molar-refractivity contribution is 6.34. The minimum atomic E-state index is -4.94. The molecule has 0 spiro atoms. The number of piperazine rings is 1. The van der Waals surface area contributed by atoms with E-state index in [1.54, 1.807) is 38.5 Å². The third-order valence-corrected chi connectivity index (χ3v) is 14.5. The van der Waals surface area contributed by atoms with E-state index < -0.39 is 40.5 Å². The number of methoxy groups -OCH3 is 2. The highest BCUT2D eigenvalue weighted by Crippen LogP contribution is 2.48. The molecule has 0 amide bonds. The number of fused-ring (bicyclic) bond motifs is 4. The Balaban J connectivity index is 1.20. The molecule has 1 N–H and O–H groups in total. The summed E-state index contributed by atoms with van der Waals surface area (Å²) in [5, 5.41) is 3.81. The average molecular weight is 920 g/mol. The molecule has 16 heteroatoms. The fraction of sp³-hybridized carbons (Fsp3) is 0.490. The summed E-state index contributed by atoms with van der Waals surface area (Å²) in [7, 11) is 3.13. The van der Waals surface area contributed by atoms with Crippen LogP contribution in [0, 0.1) is 18.2 Å². The van der Waals surface area contributed by atoms with E-state index in [-0.39, 0.29) is 70.0 Å². The van der Waals surface area contributed by atoms with Gasteiger partial charge >= 0.3 is 12.2 Å². The van der Waals surface area contributed by atoms with Crippen LogP contribution in [0.25, 0.3) is 22.2 Å². The van der Waals surface area contributed by atoms with Gasteiger partial charge in [-0.3, -0.25) is 4.90 Å². The summed E-state index contributed by atoms with van der Waals surface area (Å²) in [6.45, 7) is 10.6. The molecule has 4 saturated heterocycles. The van der Waals surface area contributed by atoms with Gasteiger partial charge in [-0.25, -0.2) is 13.8 Å². The van der Waals surface area contributed by atoms with Gasteiger partial charge in [-0.2, -0.15) is 23.1 Å². The lowest BCUT2D eigenvalue weighted by Crippen LogP contribution is -2.65. The summed E-state index contributed by atoms with van der Waals surface area (Å²) in [6, 6.07) is 17.5. The number of alkyl halides is 4. The molecular weight excluding hydrogens is 865 g/mol. The zero-order chi connectivity index (χ0) is 46.1. The van der Waals surface area contributed by atoms with Crippen LogP contribution in [0.5, 0.6) is 17.5 Å². The van der Waals surface area contributed by atoms with Crippen LogP contribution in [0.1, 0.15) is 75.1 Å². The van der Waals surface area contributed by atoms with Crippen LogP contribution in [0.4, 0.5) is 33.6 Å². The Hall–Kier alpha value is -4.99. The molecule has 2 aromatic heterocycles. The Morgan fingerprint density at radius 1 is 0.908 bits per heavy atom. The van der Waals surface area contributed by atoms with Crippen LogP contribution in [0.15, 0.2) is 60.7 Å². The number of anilines is 2. The van der Waals surface area contributed by atoms with Crippen LogP contribution in [0.2, 0.25) is 5.02 Å². The SMILES string of the molecule is COc1ccc(CN(Cc2ccc(OC)cc2)c2cc(C)c(C(F)(F)F)c(-c3c(Cl)cc4c(N5CC6CCC(C(C)(C)C)(C5)N6)nc(OC[C@]56CCCN5C[C@@H](F)C6)nc4c3F)n2)cc1. The summed E-state index contributed by atoms with van der Waals surface area (Å²) in [5.41, 5.74) is -2.08. The highest BCUT2D eigenvalue weighted by Gasteiger charge is 2.52. The Morgan fingerprint density at radius 2 is 1.57 bits per heavy atom. The summed E-state index contributed by atoms with van der Waals surface area (Å²) < 4.78 is 95.9. The number of aryl methyl sites for hydroxylation is 1. The summed E-state index contributed by atoms with van der Waals surface area (Å²) in [4.78, 5) is 20.3. The van der Waals surface area contributed by atoms with Crippen LogP contribution in [-0.2, 0) is 19.3 Å². The van der Waals surface area contributed by atoms with E-state index in [1.807, 2.05) is 29.2 Å². The molecule has 10 nitrogen and oxygen atoms in total. The van der Waals surface area contributed by atoms with Gasteiger partial charge < -0.3 is 29.3 Å². The minimum Gasteiger partial charge on any atom is -0.497 e. The molecule has 4 aliphatic rings. The molecule has 2 bridgehead atoms. The first-order valence-electron chi connectivity index (χ1n) is 22.2. The first kappa shape index (κ1) is 45.2. The molecule has 346 valence electrons. The predicted octanol–water partition coefficient (Wildman–Crippen LogP) is 10.3. The molecule has 3 aromatic carbocycles. The maximum atomic E-state index is 17.9. The number of halogens is 6. The molecule has 4 fully saturated rings. The second kappa shape index (κ2) is 17.0. The third kappa shape index (κ3) is 8.52. The third-order valence-electron chi connectivity index (χ3n) is 14.2. The fourth-order valence-electron chi connectivity index (χ4n) is 10.7. The van der Waals surface area contributed by atoms with E-state index in [0.29, 0.717) is 43.4 Å². The van der Waals surface area contributed by atoms with Crippen molar-refractivity contribution in [1.29, 1.82) is 0 Å². The molecule has 2 unspecified atom stereocenters. The van der Waals surface area contributed by atoms with Gasteiger partial charge in [-0.15, -0.1) is 0 Å². The summed E-state index contributed by atoms with van der Waals surface area (Å²) in [6.07, 6.45) is -2.19. The standard InChI is InChI=1S/C49H55ClF5N7O3/c1-29-20-38(60(23-30-8-12-34(63-5)13-9-30)24-31-10-14-35(64-6)15-11-31)56-43(40(29)49(53,54)55)39-37(50)21-36-42(41(39)52)57-45(65-28-47-17-7-19-62(47)25-32(51)22-47)58-44(36)61-26-33-16-18-48(27-61,59-33)46(2,3)4/h8-15,20-21,32-33,59H,7,16-19,22-28H2,1-6H3/t32-,33?,47+,48?/m0/s1. The van der Waals surface area contributed by atoms with Gasteiger partial charge in [-0.05, 0) is 97.7 Å². The average Bonchev–Trinajstić information content (AvgIpc) is 3.91. The van der Waals surface area contributed by atoms with Gasteiger partial charge in [0.05, 0.1) is 41.6 Å². The van der Waals surface area contributed by atoms with Crippen molar-refractivity contribution in [2.45, 2.75) is 102 Å². The van der Waals surface area contributed by atoms with Crippen molar-refractivity contribution in [2.24, 2.45) is 5.41 Å². The number of nitrogens with zero attached hydrogens (tertiary/aromatic N) is 6. The van der Waals surface area contributed by atoms with Crippen molar-refractivity contribution in [3.63, 3.8) is 0 Å². The van der Waals surface area contributed by atoms with Gasteiger partial charge in [0.1, 0.15) is 41.4 Å². The molecule has 0 aliphatic carbocycles. The summed E-state index contributed by atoms with van der Waals surface area (Å²) >= 11 is 7.06. The monoisotopic (exact) mass is 919 g/mol. The van der Waals surface area contributed by atoms with E-state index in [4.69, 9.17) is 30.8 Å². The molecule has 65 heavy (non-hydrogen) atoms. The maximum absolute atomic E-state index is 17.9. The van der Waals surface area contributed by atoms with Crippen LogP contribution in [-0.4, -0.2) is 90.1 Å². The lowest BCUT2D eigenvalue weighted by Gasteiger charge is -2.49. The van der Waals surface area contributed by atoms with Crippen LogP contribution in [0.3, 0.4) is 0 Å². The fourth-order valence-corrected chi connectivity index (χ4v) is 11.0. The number of aromatic nitrogens is 3. The number of hydrogen-bond acceptors (Lipinski definition) is 10. The van der Waals surface area contributed by atoms with E-state index in [0.717, 1.165) is 43.4 Å². The number of pyridine rings is 1. The lowest BCUT2D eigenvalue weighted by molar-refractivity contribution is -0.137. The van der Waals surface area contributed by atoms with Crippen LogP contribution < -0.4 is 29.3 Å². The molecule has 5 aromatic rings. The largest absolute Gasteiger partial charge is 0.497 e. The second-order valence-electron chi connectivity index (χ2n) is 19.3. The zero-order valence-corrected chi connectivity index (χ0v) is 38.3. The van der Waals surface area contributed by atoms with Crippen molar-refractivity contribution in [1.82, 2.24) is 25.2 Å². The Labute approximate surface area is 381 Å². The second-order valence-corrected chi connectivity index (χ2v) is 19.7. The van der Waals surface area contributed by atoms with Gasteiger partial charge in [-0.1, -0.05) is 56.6 Å². The Morgan fingerprint density at radius 3 is 2.18 bits per heavy atom. The normalized spacial score (nSPS) is 23.3. The number of benzene rings is 3. The predicted molar refractivity (Wildman–Crippen MR) is 242 cm³/mol. The van der Waals surface area contributed by atoms with E-state index in [2.05, 4.69) is 45.9 Å². The number of hydrogen-bond donors (Lipinski definition) is 1. The molecular formula is C49H55ClF5N7O3. The molecule has 0 saturated carbocycles. The Bertz CT molecular complexity index is 2530. The number of rotatable bonds is 12. The van der Waals surface area contributed by atoms with Crippen molar-refractivity contribution in [3.05, 3.63) is 93.8 Å². The van der Waals surface area contributed by atoms with Crippen LogP contribution >= 0.6 is 11.6 Å². The number of nitrogens with one attached hydrogen (secondary N) is 1. The molecule has 4 aliphatic heterocycles. The minimum absolute atomic E-state index is 0.0792. The smallest absolute Gasteiger partial charge is 0.418 e. The van der Waals surface area contributed by atoms with Crippen molar-refractivity contribution in [2.75, 3.05) is 56.8 Å². The lowest BCUT2D eigenvalue weighted by atomic mass is 9.72. The number of ether oxygens (including phenoxy) is 3. The summed E-state index contributed by atoms with van der Waals surface area (Å²) in [5.74, 6) is 0.754. The molecule has 4 atom stereocenters. The first-order valence-corrected chi connectivity index (χ1v) is 22.6. The topological polar surface area (TPSA) is 88.1 Å². The van der Waals surface area contributed by atoms with E-state index in [1.165, 1.54) is 19.1 Å². The molecule has 6 heterocycles. The van der Waals surface area contributed by atoms with E-state index >= 15 is 17.6 Å². The molecule has 0 radical (unpaired) electrons. The van der Waals surface area contributed by atoms with Gasteiger partial charge in [0.15, 0.2) is 5.82 Å². The zero-order valence-electron chi connectivity index (χ0n) is 37.6. The highest BCUT2D eigenvalue weighted by atomic mass is 35.5. The first-order chi connectivity index (χ1) is 30.9. The Kier molecular flexibility index (Phi) is 11.8. The maximum Gasteiger partial charge on any atom is 0.418 e. The van der Waals surface area contributed by atoms with Crippen molar-refractivity contribution in [3.8, 4) is 28.8 Å². The van der Waals surface area contributed by atoms with Gasteiger partial charge in [0.2, 0.25) is 0 Å². The van der Waals surface area contributed by atoms with Gasteiger partial charge in [0.25, 0.3) is 0 Å². The van der Waals surface area contributed by atoms with Crippen molar-refractivity contribution < 1.29 is 36.2 Å². The van der Waals surface area contributed by atoms with E-state index in [9.17, 15) is 4.39 Å². The van der Waals surface area contributed by atoms with Gasteiger partial charge in [0, 0.05) is 56.1 Å². The van der Waals surface area contributed by atoms with Crippen molar-refractivity contribution >= 4 is 34.1 Å². The quantitative estimate of drug-likeness (QED) is 0.122.